The highest BCUT2D eigenvalue weighted by Crippen LogP contribution is 2.29. The zero-order valence-corrected chi connectivity index (χ0v) is 21.9. The molecule has 0 saturated carbocycles. The number of methoxy groups -OCH3 is 2. The van der Waals surface area contributed by atoms with Crippen LogP contribution in [0.25, 0.3) is 6.08 Å². The third-order valence-corrected chi connectivity index (χ3v) is 5.50. The lowest BCUT2D eigenvalue weighted by Gasteiger charge is -2.13. The molecule has 0 radical (unpaired) electrons. The predicted molar refractivity (Wildman–Crippen MR) is 149 cm³/mol. The van der Waals surface area contributed by atoms with E-state index in [1.807, 2.05) is 24.3 Å². The highest BCUT2D eigenvalue weighted by molar-refractivity contribution is 6.67. The van der Waals surface area contributed by atoms with E-state index in [0.717, 1.165) is 18.1 Å². The van der Waals surface area contributed by atoms with Crippen molar-refractivity contribution in [3.63, 3.8) is 0 Å². The van der Waals surface area contributed by atoms with Crippen molar-refractivity contribution in [2.24, 2.45) is 5.10 Å². The average Bonchev–Trinajstić information content (AvgIpc) is 2.96. The van der Waals surface area contributed by atoms with Crippen molar-refractivity contribution in [3.05, 3.63) is 94.0 Å². The summed E-state index contributed by atoms with van der Waals surface area (Å²) in [6.45, 7) is 4.90. The fourth-order valence-electron chi connectivity index (χ4n) is 3.38. The van der Waals surface area contributed by atoms with Crippen molar-refractivity contribution in [2.45, 2.75) is 13.5 Å². The van der Waals surface area contributed by atoms with E-state index in [9.17, 15) is 24.5 Å². The number of carbonyl (C=O) groups excluding carboxylic acids is 3. The van der Waals surface area contributed by atoms with Crippen molar-refractivity contribution in [1.29, 1.82) is 0 Å². The minimum atomic E-state index is -0.863. The van der Waals surface area contributed by atoms with E-state index in [1.54, 1.807) is 6.08 Å². The van der Waals surface area contributed by atoms with Crippen LogP contribution in [0.15, 0.2) is 72.3 Å². The van der Waals surface area contributed by atoms with Gasteiger partial charge in [-0.05, 0) is 35.4 Å². The van der Waals surface area contributed by atoms with Gasteiger partial charge in [0.05, 0.1) is 42.1 Å². The molecule has 40 heavy (non-hydrogen) atoms. The van der Waals surface area contributed by atoms with Crippen molar-refractivity contribution in [1.82, 2.24) is 0 Å². The van der Waals surface area contributed by atoms with Gasteiger partial charge in [0.15, 0.2) is 17.2 Å². The average molecular weight is 547 g/mol. The van der Waals surface area contributed by atoms with Gasteiger partial charge in [-0.25, -0.2) is 4.79 Å². The first-order valence-electron chi connectivity index (χ1n) is 11.7. The number of non-ortho nitro benzene ring substituents is 1. The molecule has 1 amide bonds. The number of hydrazone groups is 1. The van der Waals surface area contributed by atoms with Crippen LogP contribution in [0.5, 0.6) is 11.5 Å². The second-order valence-electron chi connectivity index (χ2n) is 8.16. The Hall–Kier alpha value is -5.52. The molecule has 0 unspecified atom stereocenters. The molecule has 0 fully saturated rings. The Balaban J connectivity index is 1.73. The zero-order chi connectivity index (χ0) is 29.2. The molecule has 0 aromatic heterocycles. The number of anilines is 2. The molecule has 3 aromatic carbocycles. The Labute approximate surface area is 229 Å². The van der Waals surface area contributed by atoms with Crippen LogP contribution in [-0.4, -0.2) is 42.5 Å². The van der Waals surface area contributed by atoms with Crippen LogP contribution in [0.1, 0.15) is 28.4 Å². The maximum absolute atomic E-state index is 12.9. The van der Waals surface area contributed by atoms with E-state index in [1.165, 1.54) is 50.6 Å². The topological polar surface area (TPSA) is 158 Å². The molecule has 0 spiro atoms. The number of ether oxygens (including phenoxy) is 3. The standard InChI is InChI=1S/C28H26N4O8/c1-5-18-6-8-19(9-7-18)16-40-28(35)20-10-12-22(24(14-20)38-3)29-27(34)26(17(2)33)31-30-23-13-11-21(32(36)37)15-25(23)39-4/h5-15,30H,1,16H2,2-4H3,(H,29,34)/b31-26+. The Morgan fingerprint density at radius 3 is 2.23 bits per heavy atom. The summed E-state index contributed by atoms with van der Waals surface area (Å²) in [6, 6.07) is 15.3. The number of rotatable bonds is 12. The summed E-state index contributed by atoms with van der Waals surface area (Å²) < 4.78 is 15.8. The molecule has 206 valence electrons. The number of carbonyl (C=O) groups is 3. The molecule has 3 aromatic rings. The summed E-state index contributed by atoms with van der Waals surface area (Å²) in [5, 5.41) is 17.4. The maximum atomic E-state index is 12.9. The Morgan fingerprint density at radius 1 is 0.975 bits per heavy atom. The van der Waals surface area contributed by atoms with Gasteiger partial charge in [0.25, 0.3) is 11.6 Å². The fraction of sp³-hybridized carbons (Fsp3) is 0.143. The molecule has 0 aliphatic rings. The van der Waals surface area contributed by atoms with Crippen molar-refractivity contribution in [2.75, 3.05) is 25.0 Å². The summed E-state index contributed by atoms with van der Waals surface area (Å²) in [6.07, 6.45) is 1.71. The number of nitro benzene ring substituents is 1. The first-order valence-corrected chi connectivity index (χ1v) is 11.7. The number of esters is 1. The third-order valence-electron chi connectivity index (χ3n) is 5.50. The summed E-state index contributed by atoms with van der Waals surface area (Å²) >= 11 is 0. The number of nitro groups is 1. The summed E-state index contributed by atoms with van der Waals surface area (Å²) in [5.41, 5.74) is 4.11. The Kier molecular flexibility index (Phi) is 9.68. The minimum Gasteiger partial charge on any atom is -0.495 e. The van der Waals surface area contributed by atoms with Crippen LogP contribution >= 0.6 is 0 Å². The first kappa shape index (κ1) is 29.0. The number of nitrogens with one attached hydrogen (secondary N) is 2. The van der Waals surface area contributed by atoms with Gasteiger partial charge >= 0.3 is 5.97 Å². The van der Waals surface area contributed by atoms with Crippen LogP contribution in [0.2, 0.25) is 0 Å². The van der Waals surface area contributed by atoms with Gasteiger partial charge in [0.1, 0.15) is 12.4 Å². The smallest absolute Gasteiger partial charge is 0.338 e. The lowest BCUT2D eigenvalue weighted by atomic mass is 10.1. The van der Waals surface area contributed by atoms with Crippen molar-refractivity contribution >= 4 is 46.5 Å². The van der Waals surface area contributed by atoms with Crippen molar-refractivity contribution < 1.29 is 33.5 Å². The number of hydrogen-bond acceptors (Lipinski definition) is 10. The normalized spacial score (nSPS) is 10.7. The number of Topliss-reactive ketones (excluding diaryl/α,β-unsaturated/α-hetero) is 1. The molecule has 0 bridgehead atoms. The van der Waals surface area contributed by atoms with E-state index in [4.69, 9.17) is 14.2 Å². The van der Waals surface area contributed by atoms with Gasteiger partial charge in [0, 0.05) is 13.0 Å². The largest absolute Gasteiger partial charge is 0.495 e. The Bertz CT molecular complexity index is 1480. The van der Waals surface area contributed by atoms with Gasteiger partial charge in [-0.15, -0.1) is 0 Å². The van der Waals surface area contributed by atoms with Gasteiger partial charge in [-0.3, -0.25) is 25.1 Å². The van der Waals surface area contributed by atoms with E-state index in [2.05, 4.69) is 22.4 Å². The summed E-state index contributed by atoms with van der Waals surface area (Å²) in [7, 11) is 2.66. The lowest BCUT2D eigenvalue weighted by molar-refractivity contribution is -0.384. The van der Waals surface area contributed by atoms with Crippen LogP contribution < -0.4 is 20.2 Å². The van der Waals surface area contributed by atoms with Gasteiger partial charge in [-0.2, -0.15) is 5.10 Å². The second kappa shape index (κ2) is 13.3. The summed E-state index contributed by atoms with van der Waals surface area (Å²) in [4.78, 5) is 48.0. The zero-order valence-electron chi connectivity index (χ0n) is 21.9. The number of nitrogens with zero attached hydrogens (tertiary/aromatic N) is 2. The molecule has 12 heteroatoms. The van der Waals surface area contributed by atoms with Crippen LogP contribution in [0, 0.1) is 10.1 Å². The molecule has 12 nitrogen and oxygen atoms in total. The van der Waals surface area contributed by atoms with E-state index >= 15 is 0 Å². The van der Waals surface area contributed by atoms with Crippen LogP contribution in [-0.2, 0) is 20.9 Å². The predicted octanol–water partition coefficient (Wildman–Crippen LogP) is 4.61. The SMILES string of the molecule is C=Cc1ccc(COC(=O)c2ccc(NC(=O)/C(=N/Nc3ccc([N+](=O)[O-])cc3OC)C(C)=O)c(OC)c2)cc1. The van der Waals surface area contributed by atoms with Gasteiger partial charge in [-0.1, -0.05) is 36.9 Å². The van der Waals surface area contributed by atoms with E-state index in [-0.39, 0.29) is 40.7 Å². The number of benzene rings is 3. The maximum Gasteiger partial charge on any atom is 0.338 e. The molecule has 0 saturated heterocycles. The van der Waals surface area contributed by atoms with Crippen molar-refractivity contribution in [3.8, 4) is 11.5 Å². The lowest BCUT2D eigenvalue weighted by Crippen LogP contribution is -2.29. The summed E-state index contributed by atoms with van der Waals surface area (Å²) in [5.74, 6) is -1.90. The molecule has 3 rings (SSSR count). The van der Waals surface area contributed by atoms with E-state index < -0.39 is 28.3 Å². The third kappa shape index (κ3) is 7.28. The molecule has 0 aliphatic carbocycles. The number of hydrogen-bond donors (Lipinski definition) is 2. The quantitative estimate of drug-likeness (QED) is 0.109. The number of ketones is 1. The van der Waals surface area contributed by atoms with Crippen LogP contribution in [0.3, 0.4) is 0 Å². The minimum absolute atomic E-state index is 0.0576. The van der Waals surface area contributed by atoms with Gasteiger partial charge < -0.3 is 19.5 Å². The molecule has 2 N–H and O–H groups in total. The fourth-order valence-corrected chi connectivity index (χ4v) is 3.38. The molecule has 0 atom stereocenters. The highest BCUT2D eigenvalue weighted by Gasteiger charge is 2.21. The highest BCUT2D eigenvalue weighted by atomic mass is 16.6. The van der Waals surface area contributed by atoms with E-state index in [0.29, 0.717) is 0 Å². The first-order chi connectivity index (χ1) is 19.2. The second-order valence-corrected chi connectivity index (χ2v) is 8.16. The monoisotopic (exact) mass is 546 g/mol. The Morgan fingerprint density at radius 2 is 1.62 bits per heavy atom. The molecular formula is C28H26N4O8. The van der Waals surface area contributed by atoms with Gasteiger partial charge in [0.2, 0.25) is 0 Å². The molecule has 0 heterocycles. The number of amides is 1. The van der Waals surface area contributed by atoms with Crippen LogP contribution in [0.4, 0.5) is 17.1 Å². The molecule has 0 aliphatic heterocycles. The molecular weight excluding hydrogens is 520 g/mol.